The lowest BCUT2D eigenvalue weighted by Crippen LogP contribution is -2.56. The highest BCUT2D eigenvalue weighted by molar-refractivity contribution is 6.07. The fourth-order valence-electron chi connectivity index (χ4n) is 3.45. The summed E-state index contributed by atoms with van der Waals surface area (Å²) in [5.74, 6) is 0.106. The first-order valence-corrected chi connectivity index (χ1v) is 8.31. The van der Waals surface area contributed by atoms with E-state index in [9.17, 15) is 14.4 Å². The Labute approximate surface area is 132 Å². The van der Waals surface area contributed by atoms with Crippen molar-refractivity contribution in [2.24, 2.45) is 5.92 Å². The molecule has 2 fully saturated rings. The van der Waals surface area contributed by atoms with Crippen LogP contribution in [0, 0.1) is 5.92 Å². The maximum atomic E-state index is 12.6. The number of amides is 4. The topological polar surface area (TPSA) is 69.7 Å². The number of carbonyl (C=O) groups excluding carboxylic acids is 3. The van der Waals surface area contributed by atoms with Crippen LogP contribution in [0.3, 0.4) is 0 Å². The molecule has 6 nitrogen and oxygen atoms in total. The number of imide groups is 1. The van der Waals surface area contributed by atoms with Gasteiger partial charge in [0.2, 0.25) is 5.91 Å². The van der Waals surface area contributed by atoms with Gasteiger partial charge in [-0.15, -0.1) is 0 Å². The van der Waals surface area contributed by atoms with Crippen molar-refractivity contribution >= 4 is 17.8 Å². The van der Waals surface area contributed by atoms with E-state index in [1.807, 2.05) is 32.6 Å². The zero-order valence-corrected chi connectivity index (χ0v) is 14.0. The molecule has 22 heavy (non-hydrogen) atoms. The summed E-state index contributed by atoms with van der Waals surface area (Å²) in [5.41, 5.74) is -0.800. The highest BCUT2D eigenvalue weighted by Gasteiger charge is 2.53. The van der Waals surface area contributed by atoms with Gasteiger partial charge in [-0.2, -0.15) is 0 Å². The van der Waals surface area contributed by atoms with Gasteiger partial charge in [0.1, 0.15) is 5.54 Å². The van der Waals surface area contributed by atoms with Gasteiger partial charge in [-0.3, -0.25) is 14.5 Å². The monoisotopic (exact) mass is 309 g/mol. The van der Waals surface area contributed by atoms with Gasteiger partial charge >= 0.3 is 6.03 Å². The highest BCUT2D eigenvalue weighted by Crippen LogP contribution is 2.31. The van der Waals surface area contributed by atoms with Crippen molar-refractivity contribution in [1.29, 1.82) is 0 Å². The molecule has 0 aromatic rings. The Kier molecular flexibility index (Phi) is 4.78. The van der Waals surface area contributed by atoms with Gasteiger partial charge < -0.3 is 10.2 Å². The second kappa shape index (κ2) is 6.26. The molecule has 2 rings (SSSR count). The van der Waals surface area contributed by atoms with Crippen molar-refractivity contribution in [3.8, 4) is 0 Å². The number of nitrogens with zero attached hydrogens (tertiary/aromatic N) is 2. The van der Waals surface area contributed by atoms with Gasteiger partial charge in [0.15, 0.2) is 0 Å². The molecule has 2 aliphatic heterocycles. The Hall–Kier alpha value is -1.59. The van der Waals surface area contributed by atoms with Crippen molar-refractivity contribution in [3.05, 3.63) is 0 Å². The predicted octanol–water partition coefficient (Wildman–Crippen LogP) is 1.74. The molecule has 0 aromatic heterocycles. The molecule has 1 N–H and O–H groups in total. The Morgan fingerprint density at radius 2 is 1.73 bits per heavy atom. The van der Waals surface area contributed by atoms with E-state index in [1.165, 1.54) is 4.90 Å². The second-order valence-corrected chi connectivity index (χ2v) is 6.62. The SMILES string of the molecule is CCC(CC)C(=O)N1CCC2(CC1)NC(=O)N(C(C)C)C2=O. The molecule has 124 valence electrons. The van der Waals surface area contributed by atoms with Crippen molar-refractivity contribution in [2.75, 3.05) is 13.1 Å². The molecule has 2 aliphatic rings. The maximum Gasteiger partial charge on any atom is 0.325 e. The summed E-state index contributed by atoms with van der Waals surface area (Å²) < 4.78 is 0. The smallest absolute Gasteiger partial charge is 0.325 e. The van der Waals surface area contributed by atoms with Crippen LogP contribution in [0.4, 0.5) is 4.79 Å². The molecular weight excluding hydrogens is 282 g/mol. The van der Waals surface area contributed by atoms with E-state index in [1.54, 1.807) is 0 Å². The molecule has 0 aliphatic carbocycles. The minimum absolute atomic E-state index is 0.0649. The Balaban J connectivity index is 2.05. The zero-order chi connectivity index (χ0) is 16.5. The third-order valence-corrected chi connectivity index (χ3v) is 4.97. The first-order valence-electron chi connectivity index (χ1n) is 8.31. The van der Waals surface area contributed by atoms with E-state index < -0.39 is 5.54 Å². The molecule has 0 aromatic carbocycles. The van der Waals surface area contributed by atoms with Crippen LogP contribution in [0.5, 0.6) is 0 Å². The van der Waals surface area contributed by atoms with Crippen LogP contribution in [0.2, 0.25) is 0 Å². The second-order valence-electron chi connectivity index (χ2n) is 6.62. The van der Waals surface area contributed by atoms with Crippen LogP contribution < -0.4 is 5.32 Å². The standard InChI is InChI=1S/C16H27N3O3/c1-5-12(6-2)13(20)18-9-7-16(8-10-18)14(21)19(11(3)4)15(22)17-16/h11-12H,5-10H2,1-4H3,(H,17,22). The molecule has 4 amide bonds. The van der Waals surface area contributed by atoms with Crippen molar-refractivity contribution < 1.29 is 14.4 Å². The number of piperidine rings is 1. The van der Waals surface area contributed by atoms with E-state index >= 15 is 0 Å². The lowest BCUT2D eigenvalue weighted by Gasteiger charge is -2.38. The number of nitrogens with one attached hydrogen (secondary N) is 1. The minimum Gasteiger partial charge on any atom is -0.342 e. The van der Waals surface area contributed by atoms with Crippen LogP contribution in [-0.4, -0.2) is 52.3 Å². The summed E-state index contributed by atoms with van der Waals surface area (Å²) in [6.45, 7) is 8.79. The molecule has 0 atom stereocenters. The maximum absolute atomic E-state index is 12.6. The van der Waals surface area contributed by atoms with Crippen LogP contribution in [-0.2, 0) is 9.59 Å². The van der Waals surface area contributed by atoms with Crippen molar-refractivity contribution in [2.45, 2.75) is 65.0 Å². The third-order valence-electron chi connectivity index (χ3n) is 4.97. The third kappa shape index (κ3) is 2.71. The van der Waals surface area contributed by atoms with E-state index in [0.717, 1.165) is 12.8 Å². The van der Waals surface area contributed by atoms with Gasteiger partial charge in [-0.1, -0.05) is 13.8 Å². The average molecular weight is 309 g/mol. The Bertz CT molecular complexity index is 463. The van der Waals surface area contributed by atoms with Crippen molar-refractivity contribution in [3.63, 3.8) is 0 Å². The molecule has 0 saturated carbocycles. The van der Waals surface area contributed by atoms with Gasteiger partial charge in [-0.05, 0) is 39.5 Å². The summed E-state index contributed by atoms with van der Waals surface area (Å²) in [5, 5.41) is 2.87. The van der Waals surface area contributed by atoms with E-state index in [-0.39, 0.29) is 29.8 Å². The minimum atomic E-state index is -0.800. The van der Waals surface area contributed by atoms with E-state index in [2.05, 4.69) is 5.32 Å². The summed E-state index contributed by atoms with van der Waals surface area (Å²) in [6, 6.07) is -0.448. The van der Waals surface area contributed by atoms with Crippen LogP contribution in [0.1, 0.15) is 53.4 Å². The lowest BCUT2D eigenvalue weighted by molar-refractivity contribution is -0.141. The largest absolute Gasteiger partial charge is 0.342 e. The van der Waals surface area contributed by atoms with Gasteiger partial charge in [0.25, 0.3) is 5.91 Å². The zero-order valence-electron chi connectivity index (χ0n) is 14.0. The quantitative estimate of drug-likeness (QED) is 0.804. The van der Waals surface area contributed by atoms with Crippen LogP contribution in [0.25, 0.3) is 0 Å². The summed E-state index contributed by atoms with van der Waals surface area (Å²) in [4.78, 5) is 40.2. The van der Waals surface area contributed by atoms with Gasteiger partial charge in [-0.25, -0.2) is 4.79 Å². The fraction of sp³-hybridized carbons (Fsp3) is 0.812. The normalized spacial score (nSPS) is 21.2. The molecule has 6 heteroatoms. The predicted molar refractivity (Wildman–Crippen MR) is 83.1 cm³/mol. The van der Waals surface area contributed by atoms with Crippen molar-refractivity contribution in [1.82, 2.24) is 15.1 Å². The highest BCUT2D eigenvalue weighted by atomic mass is 16.2. The van der Waals surface area contributed by atoms with Gasteiger partial charge in [0, 0.05) is 25.0 Å². The fourth-order valence-corrected chi connectivity index (χ4v) is 3.45. The molecule has 1 spiro atoms. The Morgan fingerprint density at radius 3 is 2.14 bits per heavy atom. The number of likely N-dealkylation sites (tertiary alicyclic amines) is 1. The number of carbonyl (C=O) groups is 3. The number of rotatable bonds is 4. The Morgan fingerprint density at radius 1 is 1.18 bits per heavy atom. The van der Waals surface area contributed by atoms with Crippen LogP contribution in [0.15, 0.2) is 0 Å². The molecule has 0 bridgehead atoms. The summed E-state index contributed by atoms with van der Waals surface area (Å²) >= 11 is 0. The lowest BCUT2D eigenvalue weighted by atomic mass is 9.86. The average Bonchev–Trinajstić information content (AvgIpc) is 2.71. The number of hydrogen-bond donors (Lipinski definition) is 1. The number of urea groups is 1. The molecule has 2 heterocycles. The number of hydrogen-bond acceptors (Lipinski definition) is 3. The molecule has 0 unspecified atom stereocenters. The summed E-state index contributed by atoms with van der Waals surface area (Å²) in [6.07, 6.45) is 2.70. The molecule has 0 radical (unpaired) electrons. The van der Waals surface area contributed by atoms with Crippen LogP contribution >= 0.6 is 0 Å². The van der Waals surface area contributed by atoms with Gasteiger partial charge in [0.05, 0.1) is 0 Å². The first kappa shape index (κ1) is 16.8. The van der Waals surface area contributed by atoms with E-state index in [4.69, 9.17) is 0 Å². The molecular formula is C16H27N3O3. The molecule has 2 saturated heterocycles. The van der Waals surface area contributed by atoms with E-state index in [0.29, 0.717) is 25.9 Å². The summed E-state index contributed by atoms with van der Waals surface area (Å²) in [7, 11) is 0. The first-order chi connectivity index (χ1) is 10.4.